The third-order valence-electron chi connectivity index (χ3n) is 6.97. The van der Waals surface area contributed by atoms with Gasteiger partial charge in [-0.15, -0.1) is 0 Å². The van der Waals surface area contributed by atoms with E-state index in [1.54, 1.807) is 31.4 Å². The lowest BCUT2D eigenvalue weighted by Crippen LogP contribution is -2.50. The van der Waals surface area contributed by atoms with Crippen LogP contribution < -0.4 is 14.4 Å². The first-order valence-corrected chi connectivity index (χ1v) is 13.8. The summed E-state index contributed by atoms with van der Waals surface area (Å²) < 4.78 is 47.1. The molecule has 35 heavy (non-hydrogen) atoms. The van der Waals surface area contributed by atoms with Crippen LogP contribution in [0.5, 0.6) is 5.75 Å². The average molecular weight is 504 g/mol. The van der Waals surface area contributed by atoms with Gasteiger partial charge in [-0.25, -0.2) is 17.5 Å². The number of methoxy groups -OCH3 is 1. The van der Waals surface area contributed by atoms with Crippen LogP contribution in [0.25, 0.3) is 0 Å². The summed E-state index contributed by atoms with van der Waals surface area (Å²) in [5.41, 5.74) is 1.56. The van der Waals surface area contributed by atoms with Crippen molar-refractivity contribution in [1.82, 2.24) is 9.62 Å². The maximum Gasteiger partial charge on any atom is 0.240 e. The van der Waals surface area contributed by atoms with Crippen LogP contribution in [-0.4, -0.2) is 59.1 Å². The third-order valence-corrected chi connectivity index (χ3v) is 8.42. The number of nitrogens with zero attached hydrogens (tertiary/aromatic N) is 2. The zero-order chi connectivity index (χ0) is 24.8. The molecule has 2 aromatic rings. The van der Waals surface area contributed by atoms with Crippen molar-refractivity contribution in [3.63, 3.8) is 0 Å². The molecule has 2 fully saturated rings. The number of halogens is 1. The SMILES string of the molecule is COc1ccc(S(=O)(=O)NCCc2ccc(F)cc2)cc1N1CCN(C(=O)C2CCCCC2)CC1. The lowest BCUT2D eigenvalue weighted by atomic mass is 9.88. The van der Waals surface area contributed by atoms with Gasteiger partial charge in [0.1, 0.15) is 11.6 Å². The van der Waals surface area contributed by atoms with Gasteiger partial charge in [0.15, 0.2) is 0 Å². The van der Waals surface area contributed by atoms with Crippen molar-refractivity contribution in [2.75, 3.05) is 44.7 Å². The van der Waals surface area contributed by atoms with Crippen LogP contribution >= 0.6 is 0 Å². The van der Waals surface area contributed by atoms with E-state index >= 15 is 0 Å². The van der Waals surface area contributed by atoms with E-state index in [2.05, 4.69) is 9.62 Å². The molecule has 9 heteroatoms. The number of amides is 1. The number of carbonyl (C=O) groups excluding carboxylic acids is 1. The van der Waals surface area contributed by atoms with Gasteiger partial charge in [-0.2, -0.15) is 0 Å². The fourth-order valence-electron chi connectivity index (χ4n) is 4.92. The van der Waals surface area contributed by atoms with E-state index < -0.39 is 10.0 Å². The molecular formula is C26H34FN3O4S. The summed E-state index contributed by atoms with van der Waals surface area (Å²) in [6.07, 6.45) is 5.92. The number of ether oxygens (including phenoxy) is 1. The molecule has 0 atom stereocenters. The van der Waals surface area contributed by atoms with Crippen molar-refractivity contribution in [2.45, 2.75) is 43.4 Å². The van der Waals surface area contributed by atoms with Gasteiger partial charge in [0.25, 0.3) is 0 Å². The Labute approximate surface area is 207 Å². The van der Waals surface area contributed by atoms with Crippen molar-refractivity contribution >= 4 is 21.6 Å². The van der Waals surface area contributed by atoms with Crippen LogP contribution in [-0.2, 0) is 21.2 Å². The zero-order valence-corrected chi connectivity index (χ0v) is 21.0. The minimum Gasteiger partial charge on any atom is -0.495 e. The topological polar surface area (TPSA) is 79.0 Å². The molecule has 4 rings (SSSR count). The molecule has 1 aliphatic heterocycles. The predicted octanol–water partition coefficient (Wildman–Crippen LogP) is 3.58. The van der Waals surface area contributed by atoms with Gasteiger partial charge in [-0.3, -0.25) is 4.79 Å². The summed E-state index contributed by atoms with van der Waals surface area (Å²) in [4.78, 5) is 17.1. The van der Waals surface area contributed by atoms with Gasteiger partial charge in [0, 0.05) is 38.6 Å². The van der Waals surface area contributed by atoms with E-state index in [1.165, 1.54) is 24.6 Å². The molecule has 190 valence electrons. The highest BCUT2D eigenvalue weighted by Crippen LogP contribution is 2.32. The van der Waals surface area contributed by atoms with Gasteiger partial charge < -0.3 is 14.5 Å². The van der Waals surface area contributed by atoms with E-state index in [0.29, 0.717) is 44.0 Å². The number of rotatable bonds is 8. The lowest BCUT2D eigenvalue weighted by molar-refractivity contribution is -0.136. The molecule has 0 bridgehead atoms. The molecule has 2 aromatic carbocycles. The van der Waals surface area contributed by atoms with Gasteiger partial charge in [0.05, 0.1) is 17.7 Å². The Bertz CT molecular complexity index is 1110. The van der Waals surface area contributed by atoms with Crippen molar-refractivity contribution in [3.05, 3.63) is 53.8 Å². The maximum atomic E-state index is 13.1. The Balaban J connectivity index is 1.40. The minimum atomic E-state index is -3.73. The highest BCUT2D eigenvalue weighted by atomic mass is 32.2. The molecular weight excluding hydrogens is 469 g/mol. The predicted molar refractivity (Wildman–Crippen MR) is 134 cm³/mol. The summed E-state index contributed by atoms with van der Waals surface area (Å²) in [7, 11) is -2.17. The van der Waals surface area contributed by atoms with E-state index in [9.17, 15) is 17.6 Å². The Morgan fingerprint density at radius 2 is 1.71 bits per heavy atom. The third kappa shape index (κ3) is 6.32. The Morgan fingerprint density at radius 1 is 1.03 bits per heavy atom. The molecule has 1 aliphatic carbocycles. The highest BCUT2D eigenvalue weighted by Gasteiger charge is 2.29. The number of hydrogen-bond donors (Lipinski definition) is 1. The molecule has 1 amide bonds. The van der Waals surface area contributed by atoms with Gasteiger partial charge in [-0.1, -0.05) is 31.4 Å². The van der Waals surface area contributed by atoms with Crippen molar-refractivity contribution in [3.8, 4) is 5.75 Å². The highest BCUT2D eigenvalue weighted by molar-refractivity contribution is 7.89. The fourth-order valence-corrected chi connectivity index (χ4v) is 5.98. The van der Waals surface area contributed by atoms with E-state index in [0.717, 1.165) is 31.2 Å². The van der Waals surface area contributed by atoms with Gasteiger partial charge >= 0.3 is 0 Å². The number of benzene rings is 2. The van der Waals surface area contributed by atoms with Crippen LogP contribution in [0.3, 0.4) is 0 Å². The quantitative estimate of drug-likeness (QED) is 0.596. The summed E-state index contributed by atoms with van der Waals surface area (Å²) in [5, 5.41) is 0. The number of piperazine rings is 1. The van der Waals surface area contributed by atoms with E-state index in [4.69, 9.17) is 4.74 Å². The Morgan fingerprint density at radius 3 is 2.37 bits per heavy atom. The maximum absolute atomic E-state index is 13.1. The summed E-state index contributed by atoms with van der Waals surface area (Å²) in [5.74, 6) is 0.693. The molecule has 2 aliphatic rings. The number of nitrogens with one attached hydrogen (secondary N) is 1. The van der Waals surface area contributed by atoms with Gasteiger partial charge in [0.2, 0.25) is 15.9 Å². The van der Waals surface area contributed by atoms with Crippen LogP contribution in [0.4, 0.5) is 10.1 Å². The molecule has 1 saturated heterocycles. The van der Waals surface area contributed by atoms with Gasteiger partial charge in [-0.05, 0) is 55.2 Å². The number of sulfonamides is 1. The van der Waals surface area contributed by atoms with E-state index in [-0.39, 0.29) is 29.1 Å². The van der Waals surface area contributed by atoms with E-state index in [1.807, 2.05) is 4.90 Å². The molecule has 7 nitrogen and oxygen atoms in total. The number of carbonyl (C=O) groups is 1. The van der Waals surface area contributed by atoms with Crippen LogP contribution in [0.1, 0.15) is 37.7 Å². The second kappa shape index (κ2) is 11.4. The smallest absolute Gasteiger partial charge is 0.240 e. The molecule has 0 spiro atoms. The largest absolute Gasteiger partial charge is 0.495 e. The molecule has 0 aromatic heterocycles. The molecule has 0 radical (unpaired) electrons. The monoisotopic (exact) mass is 503 g/mol. The zero-order valence-electron chi connectivity index (χ0n) is 20.2. The molecule has 1 saturated carbocycles. The summed E-state index contributed by atoms with van der Waals surface area (Å²) >= 11 is 0. The lowest BCUT2D eigenvalue weighted by Gasteiger charge is -2.38. The normalized spacial score (nSPS) is 17.4. The first-order valence-electron chi connectivity index (χ1n) is 12.3. The summed E-state index contributed by atoms with van der Waals surface area (Å²) in [6, 6.07) is 10.9. The van der Waals surface area contributed by atoms with Crippen LogP contribution in [0.15, 0.2) is 47.4 Å². The van der Waals surface area contributed by atoms with Crippen molar-refractivity contribution in [2.24, 2.45) is 5.92 Å². The van der Waals surface area contributed by atoms with Crippen molar-refractivity contribution < 1.29 is 22.3 Å². The second-order valence-electron chi connectivity index (χ2n) is 9.26. The summed E-state index contributed by atoms with van der Waals surface area (Å²) in [6.45, 7) is 2.68. The molecule has 1 N–H and O–H groups in total. The first kappa shape index (κ1) is 25.4. The van der Waals surface area contributed by atoms with Crippen molar-refractivity contribution in [1.29, 1.82) is 0 Å². The first-order chi connectivity index (χ1) is 16.9. The minimum absolute atomic E-state index is 0.152. The van der Waals surface area contributed by atoms with Crippen LogP contribution in [0.2, 0.25) is 0 Å². The Kier molecular flexibility index (Phi) is 8.28. The Hall–Kier alpha value is -2.65. The van der Waals surface area contributed by atoms with Crippen LogP contribution in [0, 0.1) is 11.7 Å². The standard InChI is InChI=1S/C26H34FN3O4S/c1-34-25-12-11-23(35(32,33)28-14-13-20-7-9-22(27)10-8-20)19-24(25)29-15-17-30(18-16-29)26(31)21-5-3-2-4-6-21/h7-12,19,21,28H,2-6,13-18H2,1H3. The molecule has 1 heterocycles. The second-order valence-corrected chi connectivity index (χ2v) is 11.0. The average Bonchev–Trinajstić information content (AvgIpc) is 2.89. The number of anilines is 1. The molecule has 0 unspecified atom stereocenters. The fraction of sp³-hybridized carbons (Fsp3) is 0.500. The number of hydrogen-bond acceptors (Lipinski definition) is 5.